The lowest BCUT2D eigenvalue weighted by Gasteiger charge is -2.11. The number of hydrogen-bond acceptors (Lipinski definition) is 3. The van der Waals surface area contributed by atoms with E-state index in [9.17, 15) is 4.79 Å². The van der Waals surface area contributed by atoms with E-state index in [2.05, 4.69) is 10.2 Å². The molecule has 0 saturated carbocycles. The summed E-state index contributed by atoms with van der Waals surface area (Å²) >= 11 is 0. The van der Waals surface area contributed by atoms with Crippen LogP contribution in [0, 0.1) is 32.1 Å². The Hall–Kier alpha value is -2.41. The largest absolute Gasteiger partial charge is 0.268 e. The van der Waals surface area contributed by atoms with Gasteiger partial charge in [-0.05, 0) is 31.9 Å². The molecule has 0 amide bonds. The van der Waals surface area contributed by atoms with Crippen LogP contribution in [0.4, 0.5) is 0 Å². The zero-order valence-electron chi connectivity index (χ0n) is 10.5. The van der Waals surface area contributed by atoms with Gasteiger partial charge < -0.3 is 0 Å². The molecule has 90 valence electrons. The lowest BCUT2D eigenvalue weighted by Crippen LogP contribution is -2.09. The Bertz CT molecular complexity index is 685. The van der Waals surface area contributed by atoms with Gasteiger partial charge in [-0.15, -0.1) is 0 Å². The molecule has 2 rings (SSSR count). The van der Waals surface area contributed by atoms with E-state index >= 15 is 0 Å². The smallest absolute Gasteiger partial charge is 0.265 e. The molecule has 0 spiro atoms. The van der Waals surface area contributed by atoms with Crippen LogP contribution in [0.3, 0.4) is 0 Å². The Labute approximate surface area is 105 Å². The predicted octanol–water partition coefficient (Wildman–Crippen LogP) is 2.23. The van der Waals surface area contributed by atoms with Gasteiger partial charge in [-0.3, -0.25) is 4.79 Å². The number of hydrogen-bond donors (Lipinski definition) is 1. The fourth-order valence-electron chi connectivity index (χ4n) is 2.23. The first-order valence-corrected chi connectivity index (χ1v) is 5.61. The highest BCUT2D eigenvalue weighted by molar-refractivity contribution is 5.72. The topological polar surface area (TPSA) is 69.5 Å². The molecule has 0 bridgehead atoms. The van der Waals surface area contributed by atoms with Gasteiger partial charge in [-0.1, -0.05) is 17.7 Å². The monoisotopic (exact) mass is 239 g/mol. The van der Waals surface area contributed by atoms with E-state index in [1.54, 1.807) is 0 Å². The molecule has 0 aliphatic carbocycles. The maximum absolute atomic E-state index is 11.2. The molecule has 18 heavy (non-hydrogen) atoms. The van der Waals surface area contributed by atoms with E-state index < -0.39 is 0 Å². The first kappa shape index (κ1) is 12.1. The Morgan fingerprint density at radius 3 is 2.33 bits per heavy atom. The van der Waals surface area contributed by atoms with Crippen LogP contribution in [0.15, 0.2) is 23.0 Å². The average molecular weight is 239 g/mol. The van der Waals surface area contributed by atoms with Crippen molar-refractivity contribution in [1.82, 2.24) is 10.2 Å². The number of aromatic amines is 1. The standard InChI is InChI=1S/C14H13N3O/c1-8-4-9(2)13(10(3)5-8)14-11(7-15)6-12(18)16-17-14/h4-6H,1-3H3,(H,16,18). The van der Waals surface area contributed by atoms with E-state index in [0.717, 1.165) is 22.3 Å². The van der Waals surface area contributed by atoms with Crippen LogP contribution in [0.2, 0.25) is 0 Å². The van der Waals surface area contributed by atoms with Crippen molar-refractivity contribution in [2.75, 3.05) is 0 Å². The summed E-state index contributed by atoms with van der Waals surface area (Å²) in [4.78, 5) is 11.2. The first-order valence-electron chi connectivity index (χ1n) is 5.61. The van der Waals surface area contributed by atoms with Crippen molar-refractivity contribution >= 4 is 0 Å². The molecule has 0 aliphatic heterocycles. The molecule has 1 aromatic heterocycles. The molecular weight excluding hydrogens is 226 g/mol. The zero-order chi connectivity index (χ0) is 13.3. The number of rotatable bonds is 1. The van der Waals surface area contributed by atoms with Crippen molar-refractivity contribution in [3.8, 4) is 17.3 Å². The van der Waals surface area contributed by atoms with Crippen LogP contribution in [-0.2, 0) is 0 Å². The molecule has 0 atom stereocenters. The molecule has 0 radical (unpaired) electrons. The van der Waals surface area contributed by atoms with Crippen molar-refractivity contribution in [1.29, 1.82) is 5.26 Å². The maximum Gasteiger partial charge on any atom is 0.265 e. The Balaban J connectivity index is 2.78. The van der Waals surface area contributed by atoms with Gasteiger partial charge in [-0.2, -0.15) is 10.4 Å². The van der Waals surface area contributed by atoms with Crippen LogP contribution in [0.25, 0.3) is 11.3 Å². The van der Waals surface area contributed by atoms with Crippen LogP contribution in [-0.4, -0.2) is 10.2 Å². The minimum absolute atomic E-state index is 0.300. The Kier molecular flexibility index (Phi) is 2.99. The van der Waals surface area contributed by atoms with Crippen molar-refractivity contribution in [2.45, 2.75) is 20.8 Å². The van der Waals surface area contributed by atoms with Crippen molar-refractivity contribution in [3.05, 3.63) is 50.8 Å². The number of nitrogens with one attached hydrogen (secondary N) is 1. The molecule has 1 aromatic carbocycles. The van der Waals surface area contributed by atoms with Crippen molar-refractivity contribution < 1.29 is 0 Å². The van der Waals surface area contributed by atoms with Crippen LogP contribution < -0.4 is 5.56 Å². The lowest BCUT2D eigenvalue weighted by atomic mass is 9.95. The van der Waals surface area contributed by atoms with Gasteiger partial charge in [0.15, 0.2) is 0 Å². The number of nitriles is 1. The quantitative estimate of drug-likeness (QED) is 0.829. The van der Waals surface area contributed by atoms with Crippen LogP contribution in [0.1, 0.15) is 22.3 Å². The summed E-state index contributed by atoms with van der Waals surface area (Å²) in [5.74, 6) is 0. The van der Waals surface area contributed by atoms with Gasteiger partial charge in [0, 0.05) is 11.6 Å². The second kappa shape index (κ2) is 4.46. The fraction of sp³-hybridized carbons (Fsp3) is 0.214. The van der Waals surface area contributed by atoms with E-state index in [1.807, 2.05) is 39.0 Å². The number of nitrogens with zero attached hydrogens (tertiary/aromatic N) is 2. The summed E-state index contributed by atoms with van der Waals surface area (Å²) in [6.45, 7) is 5.97. The fourth-order valence-corrected chi connectivity index (χ4v) is 2.23. The molecule has 4 heteroatoms. The van der Waals surface area contributed by atoms with E-state index in [4.69, 9.17) is 5.26 Å². The van der Waals surface area contributed by atoms with Gasteiger partial charge in [-0.25, -0.2) is 5.10 Å². The lowest BCUT2D eigenvalue weighted by molar-refractivity contribution is 0.986. The summed E-state index contributed by atoms with van der Waals surface area (Å²) in [5.41, 5.74) is 4.64. The molecule has 2 aromatic rings. The minimum atomic E-state index is -0.363. The number of aryl methyl sites for hydroxylation is 3. The number of H-pyrrole nitrogens is 1. The summed E-state index contributed by atoms with van der Waals surface area (Å²) in [7, 11) is 0. The molecule has 4 nitrogen and oxygen atoms in total. The molecular formula is C14H13N3O. The maximum atomic E-state index is 11.2. The number of benzene rings is 1. The minimum Gasteiger partial charge on any atom is -0.268 e. The second-order valence-electron chi connectivity index (χ2n) is 4.38. The molecule has 1 heterocycles. The van der Waals surface area contributed by atoms with E-state index in [0.29, 0.717) is 11.3 Å². The highest BCUT2D eigenvalue weighted by Gasteiger charge is 2.13. The van der Waals surface area contributed by atoms with Gasteiger partial charge in [0.05, 0.1) is 5.56 Å². The first-order chi connectivity index (χ1) is 8.52. The highest BCUT2D eigenvalue weighted by Crippen LogP contribution is 2.28. The van der Waals surface area contributed by atoms with Crippen molar-refractivity contribution in [2.24, 2.45) is 0 Å². The predicted molar refractivity (Wildman–Crippen MR) is 69.2 cm³/mol. The summed E-state index contributed by atoms with van der Waals surface area (Å²) in [6, 6.07) is 7.38. The molecule has 0 unspecified atom stereocenters. The van der Waals surface area contributed by atoms with Gasteiger partial charge in [0.2, 0.25) is 0 Å². The average Bonchev–Trinajstić information content (AvgIpc) is 2.29. The Morgan fingerprint density at radius 1 is 1.17 bits per heavy atom. The highest BCUT2D eigenvalue weighted by atomic mass is 16.1. The summed E-state index contributed by atoms with van der Waals surface area (Å²) in [5, 5.41) is 15.5. The van der Waals surface area contributed by atoms with E-state index in [1.165, 1.54) is 6.07 Å². The van der Waals surface area contributed by atoms with Crippen LogP contribution in [0.5, 0.6) is 0 Å². The van der Waals surface area contributed by atoms with Crippen LogP contribution >= 0.6 is 0 Å². The van der Waals surface area contributed by atoms with Gasteiger partial charge in [0.1, 0.15) is 11.8 Å². The number of aromatic nitrogens is 2. The summed E-state index contributed by atoms with van der Waals surface area (Å²) < 4.78 is 0. The molecule has 0 fully saturated rings. The zero-order valence-corrected chi connectivity index (χ0v) is 10.5. The molecule has 0 aliphatic rings. The SMILES string of the molecule is Cc1cc(C)c(-c2n[nH]c(=O)cc2C#N)c(C)c1. The van der Waals surface area contributed by atoms with Gasteiger partial charge in [0.25, 0.3) is 5.56 Å². The third-order valence-corrected chi connectivity index (χ3v) is 2.84. The van der Waals surface area contributed by atoms with Crippen molar-refractivity contribution in [3.63, 3.8) is 0 Å². The molecule has 0 saturated heterocycles. The van der Waals surface area contributed by atoms with Gasteiger partial charge >= 0.3 is 0 Å². The van der Waals surface area contributed by atoms with E-state index in [-0.39, 0.29) is 5.56 Å². The summed E-state index contributed by atoms with van der Waals surface area (Å²) in [6.07, 6.45) is 0. The third kappa shape index (κ3) is 2.03. The Morgan fingerprint density at radius 2 is 1.78 bits per heavy atom. The second-order valence-corrected chi connectivity index (χ2v) is 4.38. The third-order valence-electron chi connectivity index (χ3n) is 2.84. The normalized spacial score (nSPS) is 10.1. The molecule has 1 N–H and O–H groups in total.